The van der Waals surface area contributed by atoms with Gasteiger partial charge in [0.2, 0.25) is 0 Å². The Morgan fingerprint density at radius 2 is 1.86 bits per heavy atom. The number of fused-ring (bicyclic) bond motifs is 1. The lowest BCUT2D eigenvalue weighted by atomic mass is 10.2. The fraction of sp³-hybridized carbons (Fsp3) is 0.0714. The number of halogens is 4. The molecule has 0 unspecified atom stereocenters. The molecule has 0 amide bonds. The highest BCUT2D eigenvalue weighted by Crippen LogP contribution is 2.34. The molecule has 0 fully saturated rings. The first-order valence-corrected chi connectivity index (χ1v) is 6.74. The van der Waals surface area contributed by atoms with Crippen LogP contribution in [0.25, 0.3) is 10.2 Å². The third-order valence-electron chi connectivity index (χ3n) is 2.79. The molecule has 0 aliphatic carbocycles. The van der Waals surface area contributed by atoms with E-state index in [0.717, 1.165) is 12.1 Å². The van der Waals surface area contributed by atoms with E-state index in [2.05, 4.69) is 10.3 Å². The van der Waals surface area contributed by atoms with Crippen molar-refractivity contribution in [2.75, 3.05) is 5.32 Å². The van der Waals surface area contributed by atoms with Crippen LogP contribution >= 0.6 is 11.3 Å². The first kappa shape index (κ1) is 13.8. The molecule has 3 rings (SSSR count). The molecule has 7 heteroatoms. The van der Waals surface area contributed by atoms with Gasteiger partial charge in [0.05, 0.1) is 15.8 Å². The number of nitrogens with zero attached hydrogens (tertiary/aromatic N) is 1. The maximum Gasteiger partial charge on any atom is 0.416 e. The Labute approximate surface area is 121 Å². The molecule has 0 bridgehead atoms. The number of rotatable bonds is 2. The molecule has 0 spiro atoms. The number of thiazole rings is 1. The zero-order chi connectivity index (χ0) is 15.0. The molecule has 0 saturated carbocycles. The summed E-state index contributed by atoms with van der Waals surface area (Å²) in [6, 6.07) is 9.18. The zero-order valence-electron chi connectivity index (χ0n) is 10.4. The van der Waals surface area contributed by atoms with Gasteiger partial charge in [-0.1, -0.05) is 17.4 Å². The fourth-order valence-corrected chi connectivity index (χ4v) is 2.71. The molecule has 2 aromatic carbocycles. The van der Waals surface area contributed by atoms with E-state index in [1.54, 1.807) is 6.07 Å². The summed E-state index contributed by atoms with van der Waals surface area (Å²) in [6.45, 7) is 0. The molecule has 21 heavy (non-hydrogen) atoms. The summed E-state index contributed by atoms with van der Waals surface area (Å²) >= 11 is 1.21. The van der Waals surface area contributed by atoms with Crippen molar-refractivity contribution < 1.29 is 17.6 Å². The van der Waals surface area contributed by atoms with Gasteiger partial charge in [0, 0.05) is 5.69 Å². The van der Waals surface area contributed by atoms with Gasteiger partial charge < -0.3 is 5.32 Å². The van der Waals surface area contributed by atoms with E-state index < -0.39 is 17.6 Å². The average molecular weight is 312 g/mol. The summed E-state index contributed by atoms with van der Waals surface area (Å²) in [5, 5.41) is 3.29. The molecule has 0 radical (unpaired) electrons. The second-order valence-corrected chi connectivity index (χ2v) is 5.37. The highest BCUT2D eigenvalue weighted by atomic mass is 32.1. The highest BCUT2D eigenvalue weighted by molar-refractivity contribution is 7.22. The number of alkyl halides is 3. The van der Waals surface area contributed by atoms with Crippen molar-refractivity contribution in [2.45, 2.75) is 6.18 Å². The van der Waals surface area contributed by atoms with Gasteiger partial charge in [-0.3, -0.25) is 0 Å². The van der Waals surface area contributed by atoms with Crippen LogP contribution in [0.2, 0.25) is 0 Å². The fourth-order valence-electron chi connectivity index (χ4n) is 1.85. The Kier molecular flexibility index (Phi) is 3.29. The molecular formula is C14H8F4N2S. The molecule has 0 saturated heterocycles. The molecular weight excluding hydrogens is 304 g/mol. The van der Waals surface area contributed by atoms with Crippen LogP contribution in [0.4, 0.5) is 28.4 Å². The minimum absolute atomic E-state index is 0.258. The Hall–Kier alpha value is -2.15. The van der Waals surface area contributed by atoms with Crippen molar-refractivity contribution in [3.8, 4) is 0 Å². The number of anilines is 2. The van der Waals surface area contributed by atoms with Gasteiger partial charge >= 0.3 is 6.18 Å². The Bertz CT molecular complexity index is 795. The number of hydrogen-bond donors (Lipinski definition) is 1. The van der Waals surface area contributed by atoms with Crippen molar-refractivity contribution in [1.29, 1.82) is 0 Å². The van der Waals surface area contributed by atoms with Gasteiger partial charge in [-0.15, -0.1) is 0 Å². The second-order valence-electron chi connectivity index (χ2n) is 4.33. The van der Waals surface area contributed by atoms with Crippen LogP contribution in [0.5, 0.6) is 0 Å². The van der Waals surface area contributed by atoms with Crippen molar-refractivity contribution in [2.24, 2.45) is 0 Å². The Balaban J connectivity index is 1.94. The summed E-state index contributed by atoms with van der Waals surface area (Å²) < 4.78 is 51.6. The van der Waals surface area contributed by atoms with Gasteiger partial charge in [0.15, 0.2) is 5.13 Å². The number of benzene rings is 2. The largest absolute Gasteiger partial charge is 0.416 e. The van der Waals surface area contributed by atoms with Crippen LogP contribution in [0.3, 0.4) is 0 Å². The number of hydrogen-bond acceptors (Lipinski definition) is 3. The van der Waals surface area contributed by atoms with Crippen LogP contribution in [0.15, 0.2) is 42.5 Å². The Morgan fingerprint density at radius 3 is 2.57 bits per heavy atom. The lowest BCUT2D eigenvalue weighted by Crippen LogP contribution is -2.03. The van der Waals surface area contributed by atoms with Crippen molar-refractivity contribution in [3.05, 3.63) is 53.8 Å². The molecule has 1 heterocycles. The molecule has 0 aliphatic heterocycles. The highest BCUT2D eigenvalue weighted by Gasteiger charge is 2.30. The van der Waals surface area contributed by atoms with Crippen LogP contribution in [0, 0.1) is 5.82 Å². The quantitative estimate of drug-likeness (QED) is 0.658. The standard InChI is InChI=1S/C14H8F4N2S/c15-9-2-1-3-10(7-9)19-13-20-11-6-8(14(16,17)18)4-5-12(11)21-13/h1-7H,(H,19,20). The first-order chi connectivity index (χ1) is 9.91. The first-order valence-electron chi connectivity index (χ1n) is 5.92. The van der Waals surface area contributed by atoms with Crippen LogP contribution < -0.4 is 5.32 Å². The van der Waals surface area contributed by atoms with E-state index in [-0.39, 0.29) is 5.52 Å². The van der Waals surface area contributed by atoms with Gasteiger partial charge in [0.1, 0.15) is 5.82 Å². The van der Waals surface area contributed by atoms with Crippen molar-refractivity contribution in [3.63, 3.8) is 0 Å². The van der Waals surface area contributed by atoms with Gasteiger partial charge in [-0.05, 0) is 36.4 Å². The third-order valence-corrected chi connectivity index (χ3v) is 3.74. The van der Waals surface area contributed by atoms with E-state index in [4.69, 9.17) is 0 Å². The molecule has 1 aromatic heterocycles. The number of nitrogens with one attached hydrogen (secondary N) is 1. The van der Waals surface area contributed by atoms with Crippen molar-refractivity contribution >= 4 is 32.4 Å². The topological polar surface area (TPSA) is 24.9 Å². The van der Waals surface area contributed by atoms with Gasteiger partial charge in [-0.2, -0.15) is 13.2 Å². The molecule has 0 aliphatic rings. The predicted octanol–water partition coefficient (Wildman–Crippen LogP) is 5.20. The van der Waals surface area contributed by atoms with E-state index in [0.29, 0.717) is 15.5 Å². The third kappa shape index (κ3) is 2.97. The van der Waals surface area contributed by atoms with Crippen molar-refractivity contribution in [1.82, 2.24) is 4.98 Å². The molecule has 2 nitrogen and oxygen atoms in total. The average Bonchev–Trinajstić information content (AvgIpc) is 2.78. The summed E-state index contributed by atoms with van der Waals surface area (Å²) in [5.41, 5.74) is 0.0106. The van der Waals surface area contributed by atoms with Crippen LogP contribution in [-0.4, -0.2) is 4.98 Å². The minimum atomic E-state index is -4.39. The maximum absolute atomic E-state index is 13.1. The second kappa shape index (κ2) is 5.00. The van der Waals surface area contributed by atoms with Crippen LogP contribution in [-0.2, 0) is 6.18 Å². The molecule has 0 atom stereocenters. The summed E-state index contributed by atoms with van der Waals surface area (Å²) in [4.78, 5) is 4.10. The zero-order valence-corrected chi connectivity index (χ0v) is 11.2. The maximum atomic E-state index is 13.1. The molecule has 108 valence electrons. The van der Waals surface area contributed by atoms with Gasteiger partial charge in [-0.25, -0.2) is 9.37 Å². The Morgan fingerprint density at radius 1 is 1.05 bits per heavy atom. The van der Waals surface area contributed by atoms with Gasteiger partial charge in [0.25, 0.3) is 0 Å². The molecule has 3 aromatic rings. The van der Waals surface area contributed by atoms with E-state index >= 15 is 0 Å². The summed E-state index contributed by atoms with van der Waals surface area (Å²) in [7, 11) is 0. The molecule has 1 N–H and O–H groups in total. The lowest BCUT2D eigenvalue weighted by Gasteiger charge is -2.04. The van der Waals surface area contributed by atoms with E-state index in [9.17, 15) is 17.6 Å². The lowest BCUT2D eigenvalue weighted by molar-refractivity contribution is -0.137. The summed E-state index contributed by atoms with van der Waals surface area (Å²) in [6.07, 6.45) is -4.39. The van der Waals surface area contributed by atoms with E-state index in [1.165, 1.54) is 35.6 Å². The summed E-state index contributed by atoms with van der Waals surface area (Å²) in [5.74, 6) is -0.402. The minimum Gasteiger partial charge on any atom is -0.331 e. The normalized spacial score (nSPS) is 11.8. The number of aromatic nitrogens is 1. The predicted molar refractivity (Wildman–Crippen MR) is 74.3 cm³/mol. The smallest absolute Gasteiger partial charge is 0.331 e. The monoisotopic (exact) mass is 312 g/mol. The van der Waals surface area contributed by atoms with E-state index in [1.807, 2.05) is 0 Å². The van der Waals surface area contributed by atoms with Crippen LogP contribution in [0.1, 0.15) is 5.56 Å². The SMILES string of the molecule is Fc1cccc(Nc2nc3cc(C(F)(F)F)ccc3s2)c1.